The van der Waals surface area contributed by atoms with E-state index in [9.17, 15) is 9.18 Å². The number of halogens is 1. The molecule has 1 fully saturated rings. The highest BCUT2D eigenvalue weighted by atomic mass is 19.1. The summed E-state index contributed by atoms with van der Waals surface area (Å²) >= 11 is 0. The van der Waals surface area contributed by atoms with Gasteiger partial charge in [-0.05, 0) is 38.1 Å². The van der Waals surface area contributed by atoms with Crippen LogP contribution in [0.4, 0.5) is 15.9 Å². The smallest absolute Gasteiger partial charge is 0.239 e. The molecule has 0 saturated carbocycles. The molecule has 1 aliphatic heterocycles. The Labute approximate surface area is 147 Å². The van der Waals surface area contributed by atoms with Crippen molar-refractivity contribution in [3.05, 3.63) is 42.3 Å². The highest BCUT2D eigenvalue weighted by molar-refractivity contribution is 5.91. The summed E-state index contributed by atoms with van der Waals surface area (Å²) in [4.78, 5) is 16.6. The van der Waals surface area contributed by atoms with Gasteiger partial charge in [-0.25, -0.2) is 9.07 Å². The number of piperazine rings is 1. The summed E-state index contributed by atoms with van der Waals surface area (Å²) in [5.74, 6) is 0.474. The number of benzene rings is 1. The topological polar surface area (TPSA) is 53.4 Å². The largest absolute Gasteiger partial charge is 0.369 e. The van der Waals surface area contributed by atoms with E-state index in [1.807, 2.05) is 19.9 Å². The summed E-state index contributed by atoms with van der Waals surface area (Å²) in [7, 11) is 0. The molecule has 134 valence electrons. The number of carbonyl (C=O) groups excluding carboxylic acids is 1. The van der Waals surface area contributed by atoms with Gasteiger partial charge in [0.1, 0.15) is 11.6 Å². The van der Waals surface area contributed by atoms with Crippen molar-refractivity contribution in [3.8, 4) is 0 Å². The molecule has 6 nitrogen and oxygen atoms in total. The molecule has 25 heavy (non-hydrogen) atoms. The van der Waals surface area contributed by atoms with Gasteiger partial charge in [-0.1, -0.05) is 0 Å². The Kier molecular flexibility index (Phi) is 5.33. The van der Waals surface area contributed by atoms with Gasteiger partial charge in [0.25, 0.3) is 0 Å². The average molecular weight is 345 g/mol. The van der Waals surface area contributed by atoms with Gasteiger partial charge in [0.05, 0.1) is 12.7 Å². The lowest BCUT2D eigenvalue weighted by Gasteiger charge is -2.35. The monoisotopic (exact) mass is 345 g/mol. The minimum Gasteiger partial charge on any atom is -0.369 e. The third-order valence-corrected chi connectivity index (χ3v) is 4.36. The number of carbonyl (C=O) groups is 1. The second-order valence-electron chi connectivity index (χ2n) is 6.54. The molecule has 0 bridgehead atoms. The van der Waals surface area contributed by atoms with Gasteiger partial charge >= 0.3 is 0 Å². The third kappa shape index (κ3) is 4.36. The fraction of sp³-hybridized carbons (Fsp3) is 0.444. The maximum atomic E-state index is 13.0. The van der Waals surface area contributed by atoms with Crippen molar-refractivity contribution in [2.75, 3.05) is 42.9 Å². The molecule has 7 heteroatoms. The molecule has 2 aromatic rings. The molecule has 0 unspecified atom stereocenters. The summed E-state index contributed by atoms with van der Waals surface area (Å²) in [6.45, 7) is 7.66. The lowest BCUT2D eigenvalue weighted by atomic mass is 10.2. The molecule has 1 aromatic carbocycles. The van der Waals surface area contributed by atoms with Crippen LogP contribution in [0, 0.1) is 5.82 Å². The summed E-state index contributed by atoms with van der Waals surface area (Å²) in [6.07, 6.45) is 1.69. The Balaban J connectivity index is 1.49. The van der Waals surface area contributed by atoms with Crippen LogP contribution in [-0.2, 0) is 4.79 Å². The van der Waals surface area contributed by atoms with Crippen LogP contribution < -0.4 is 10.2 Å². The molecule has 1 N–H and O–H groups in total. The summed E-state index contributed by atoms with van der Waals surface area (Å²) in [5, 5.41) is 7.15. The van der Waals surface area contributed by atoms with Gasteiger partial charge in [-0.3, -0.25) is 9.69 Å². The standard InChI is InChI=1S/C18H24FN5O/c1-14(2)24-17(7-8-20-24)21-18(25)13-22-9-11-23(12-10-22)16-5-3-15(19)4-6-16/h3-8,14H,9-13H2,1-2H3,(H,21,25). The van der Waals surface area contributed by atoms with Crippen LogP contribution in [-0.4, -0.2) is 53.3 Å². The molecule has 0 spiro atoms. The van der Waals surface area contributed by atoms with Crippen molar-refractivity contribution in [1.82, 2.24) is 14.7 Å². The van der Waals surface area contributed by atoms with E-state index < -0.39 is 0 Å². The van der Waals surface area contributed by atoms with Crippen molar-refractivity contribution in [2.45, 2.75) is 19.9 Å². The first-order valence-electron chi connectivity index (χ1n) is 8.59. The number of hydrogen-bond acceptors (Lipinski definition) is 4. The lowest BCUT2D eigenvalue weighted by molar-refractivity contribution is -0.117. The molecular formula is C18H24FN5O. The molecule has 1 amide bonds. The van der Waals surface area contributed by atoms with Gasteiger partial charge in [0.2, 0.25) is 5.91 Å². The van der Waals surface area contributed by atoms with Crippen LogP contribution in [0.25, 0.3) is 0 Å². The van der Waals surface area contributed by atoms with E-state index in [-0.39, 0.29) is 17.8 Å². The number of aromatic nitrogens is 2. The van der Waals surface area contributed by atoms with Gasteiger partial charge in [0.15, 0.2) is 0 Å². The third-order valence-electron chi connectivity index (χ3n) is 4.36. The van der Waals surface area contributed by atoms with Crippen LogP contribution in [0.3, 0.4) is 0 Å². The molecule has 1 saturated heterocycles. The summed E-state index contributed by atoms with van der Waals surface area (Å²) in [5.41, 5.74) is 1.02. The molecule has 0 aliphatic carbocycles. The minimum atomic E-state index is -0.223. The second kappa shape index (κ2) is 7.65. The highest BCUT2D eigenvalue weighted by Crippen LogP contribution is 2.17. The van der Waals surface area contributed by atoms with Gasteiger partial charge < -0.3 is 10.2 Å². The summed E-state index contributed by atoms with van der Waals surface area (Å²) in [6, 6.07) is 8.56. The van der Waals surface area contributed by atoms with Crippen LogP contribution >= 0.6 is 0 Å². The van der Waals surface area contributed by atoms with Crippen molar-refractivity contribution < 1.29 is 9.18 Å². The molecule has 3 rings (SSSR count). The van der Waals surface area contributed by atoms with E-state index in [2.05, 4.69) is 20.2 Å². The van der Waals surface area contributed by atoms with Gasteiger partial charge in [0, 0.05) is 44.0 Å². The maximum Gasteiger partial charge on any atom is 0.239 e. The predicted molar refractivity (Wildman–Crippen MR) is 96.3 cm³/mol. The molecule has 0 radical (unpaired) electrons. The predicted octanol–water partition coefficient (Wildman–Crippen LogP) is 2.36. The van der Waals surface area contributed by atoms with Crippen LogP contribution in [0.1, 0.15) is 19.9 Å². The quantitative estimate of drug-likeness (QED) is 0.904. The Hall–Kier alpha value is -2.41. The van der Waals surface area contributed by atoms with Gasteiger partial charge in [-0.15, -0.1) is 0 Å². The number of hydrogen-bond donors (Lipinski definition) is 1. The Morgan fingerprint density at radius 1 is 1.16 bits per heavy atom. The SMILES string of the molecule is CC(C)n1nccc1NC(=O)CN1CCN(c2ccc(F)cc2)CC1. The molecule has 2 heterocycles. The first-order chi connectivity index (χ1) is 12.0. The van der Waals surface area contributed by atoms with Crippen molar-refractivity contribution in [1.29, 1.82) is 0 Å². The number of anilines is 2. The van der Waals surface area contributed by atoms with Crippen molar-refractivity contribution >= 4 is 17.4 Å². The van der Waals surface area contributed by atoms with E-state index in [4.69, 9.17) is 0 Å². The Bertz CT molecular complexity index is 705. The second-order valence-corrected chi connectivity index (χ2v) is 6.54. The van der Waals surface area contributed by atoms with E-state index in [1.54, 1.807) is 23.0 Å². The average Bonchev–Trinajstić information content (AvgIpc) is 3.04. The Morgan fingerprint density at radius 3 is 2.48 bits per heavy atom. The lowest BCUT2D eigenvalue weighted by Crippen LogP contribution is -2.48. The van der Waals surface area contributed by atoms with Crippen LogP contribution in [0.15, 0.2) is 36.5 Å². The first kappa shape index (κ1) is 17.4. The van der Waals surface area contributed by atoms with Crippen molar-refractivity contribution in [3.63, 3.8) is 0 Å². The van der Waals surface area contributed by atoms with E-state index in [1.165, 1.54) is 12.1 Å². The van der Waals surface area contributed by atoms with E-state index in [0.717, 1.165) is 37.7 Å². The number of rotatable bonds is 5. The first-order valence-corrected chi connectivity index (χ1v) is 8.59. The van der Waals surface area contributed by atoms with Crippen molar-refractivity contribution in [2.24, 2.45) is 0 Å². The van der Waals surface area contributed by atoms with Crippen LogP contribution in [0.2, 0.25) is 0 Å². The minimum absolute atomic E-state index is 0.0300. The van der Waals surface area contributed by atoms with Crippen LogP contribution in [0.5, 0.6) is 0 Å². The fourth-order valence-corrected chi connectivity index (χ4v) is 3.03. The van der Waals surface area contributed by atoms with Gasteiger partial charge in [-0.2, -0.15) is 5.10 Å². The zero-order valence-electron chi connectivity index (χ0n) is 14.7. The zero-order chi connectivity index (χ0) is 17.8. The normalized spacial score (nSPS) is 15.6. The molecule has 0 atom stereocenters. The number of nitrogens with zero attached hydrogens (tertiary/aromatic N) is 4. The number of nitrogens with one attached hydrogen (secondary N) is 1. The zero-order valence-corrected chi connectivity index (χ0v) is 14.7. The highest BCUT2D eigenvalue weighted by Gasteiger charge is 2.20. The molecule has 1 aliphatic rings. The summed E-state index contributed by atoms with van der Waals surface area (Å²) < 4.78 is 14.8. The molecular weight excluding hydrogens is 321 g/mol. The fourth-order valence-electron chi connectivity index (χ4n) is 3.03. The molecule has 1 aromatic heterocycles. The Morgan fingerprint density at radius 2 is 1.84 bits per heavy atom. The van der Waals surface area contributed by atoms with E-state index in [0.29, 0.717) is 6.54 Å². The maximum absolute atomic E-state index is 13.0. The van der Waals surface area contributed by atoms with E-state index >= 15 is 0 Å². The number of amides is 1.